The van der Waals surface area contributed by atoms with Crippen LogP contribution in [0.2, 0.25) is 38.0 Å². The van der Waals surface area contributed by atoms with E-state index in [-0.39, 0.29) is 7.92 Å². The Kier molecular flexibility index (Phi) is 0.935. The number of hydrogen-bond acceptors (Lipinski definition) is 1. The molecule has 6 unspecified atom stereocenters. The predicted octanol–water partition coefficient (Wildman–Crippen LogP) is 6.04. The van der Waals surface area contributed by atoms with Gasteiger partial charge in [0, 0.05) is 0 Å². The molecule has 0 bridgehead atoms. The summed E-state index contributed by atoms with van der Waals surface area (Å²) in [7, 11) is 4.53. The van der Waals surface area contributed by atoms with Crippen LogP contribution in [0, 0.1) is 0 Å². The predicted molar refractivity (Wildman–Crippen MR) is 126 cm³/mol. The van der Waals surface area contributed by atoms with Crippen LogP contribution < -0.4 is 10.6 Å². The molecule has 30 heavy (non-hydrogen) atoms. The van der Waals surface area contributed by atoms with Gasteiger partial charge in [0.15, 0.2) is 0 Å². The van der Waals surface area contributed by atoms with Gasteiger partial charge in [0.25, 0.3) is 0 Å². The van der Waals surface area contributed by atoms with Crippen LogP contribution >= 0.6 is 23.9 Å². The van der Waals surface area contributed by atoms with Crippen molar-refractivity contribution < 1.29 is 6.51 Å². The second-order valence-electron chi connectivity index (χ2n) is 14.4. The Labute approximate surface area is 178 Å². The number of fused-ring (bicyclic) bond motifs is 10. The average Bonchev–Trinajstić information content (AvgIpc) is 3.71. The van der Waals surface area contributed by atoms with Crippen LogP contribution in [-0.4, -0.2) is 32.3 Å². The van der Waals surface area contributed by atoms with Gasteiger partial charge in [0.1, 0.15) is 0 Å². The molecule has 1 nitrogen and oxygen atoms in total. The first-order valence-corrected chi connectivity index (χ1v) is 20.0. The van der Waals surface area contributed by atoms with Gasteiger partial charge in [-0.15, -0.1) is 0 Å². The van der Waals surface area contributed by atoms with Crippen molar-refractivity contribution in [2.24, 2.45) is 0 Å². The van der Waals surface area contributed by atoms with E-state index in [0.29, 0.717) is 7.54 Å². The Balaban J connectivity index is 1.30. The van der Waals surface area contributed by atoms with Crippen molar-refractivity contribution in [2.45, 2.75) is 58.3 Å². The van der Waals surface area contributed by atoms with Crippen molar-refractivity contribution in [3.63, 3.8) is 0 Å². The van der Waals surface area contributed by atoms with Gasteiger partial charge in [0.2, 0.25) is 0 Å². The summed E-state index contributed by atoms with van der Waals surface area (Å²) in [6.07, 6.45) is 0. The first-order valence-electron chi connectivity index (χ1n) is 11.7. The van der Waals surface area contributed by atoms with Crippen molar-refractivity contribution in [3.05, 3.63) is 60.7 Å². The second kappa shape index (κ2) is 1.89. The molecule has 10 aliphatic heterocycles. The molecule has 0 aliphatic carbocycles. The van der Waals surface area contributed by atoms with Gasteiger partial charge in [-0.05, 0) is 0 Å². The van der Waals surface area contributed by atoms with E-state index in [0.717, 1.165) is 10.1 Å². The zero-order valence-electron chi connectivity index (χ0n) is 17.5. The summed E-state index contributed by atoms with van der Waals surface area (Å²) < 4.78 is 2.15. The standard InChI is InChI=1S/C21H22BrNP.C5H5.Fe/c1-16(23(2)3)21-19(22)14-15-20(21)24(17-10-6-4-7-11-17)18-12-8-5-9-13-18;1-2-4-5-3-1;/h4-16H,1-3H3;1-5H;. The monoisotopic (exact) mass is 519 g/mol. The Hall–Kier alpha value is -0.171. The first-order chi connectivity index (χ1) is 14.3. The van der Waals surface area contributed by atoms with Crippen molar-refractivity contribution in [1.82, 2.24) is 4.90 Å². The molecule has 12 rings (SSSR count). The van der Waals surface area contributed by atoms with Crippen molar-refractivity contribution in [1.29, 1.82) is 0 Å². The molecule has 0 saturated carbocycles. The number of halogens is 1. The molecule has 0 amide bonds. The number of alkyl halides is 1. The summed E-state index contributed by atoms with van der Waals surface area (Å²) in [6.45, 7) is -1.08. The third kappa shape index (κ3) is 0.254. The maximum absolute atomic E-state index is 4.79. The van der Waals surface area contributed by atoms with E-state index in [1.54, 1.807) is 10.6 Å². The minimum atomic E-state index is -3.74. The molecular formula is C26H27BrFeNP. The van der Waals surface area contributed by atoms with Gasteiger partial charge in [-0.2, -0.15) is 0 Å². The molecule has 10 saturated heterocycles. The van der Waals surface area contributed by atoms with Crippen LogP contribution in [0.25, 0.3) is 0 Å². The number of rotatable bonds is 5. The van der Waals surface area contributed by atoms with Gasteiger partial charge in [-0.3, -0.25) is 0 Å². The fourth-order valence-electron chi connectivity index (χ4n) is 20.5. The van der Waals surface area contributed by atoms with Crippen molar-refractivity contribution >= 4 is 34.5 Å². The summed E-state index contributed by atoms with van der Waals surface area (Å²) >= 11 is 4.79. The van der Waals surface area contributed by atoms with Gasteiger partial charge < -0.3 is 0 Å². The summed E-state index contributed by atoms with van der Waals surface area (Å²) in [5, 5.41) is 3.40. The minimum absolute atomic E-state index is 0.263. The topological polar surface area (TPSA) is 3.24 Å². The van der Waals surface area contributed by atoms with E-state index in [1.807, 2.05) is 0 Å². The van der Waals surface area contributed by atoms with E-state index >= 15 is 0 Å². The normalized spacial score (nSPS) is 78.9. The molecule has 0 N–H and O–H groups in total. The van der Waals surface area contributed by atoms with Gasteiger partial charge in [-0.25, -0.2) is 0 Å². The van der Waals surface area contributed by atoms with E-state index in [9.17, 15) is 0 Å². The molecule has 2 aromatic carbocycles. The molecule has 10 heterocycles. The zero-order chi connectivity index (χ0) is 19.8. The van der Waals surface area contributed by atoms with Crippen LogP contribution in [0.1, 0.15) is 6.92 Å². The Bertz CT molecular complexity index is 1620. The summed E-state index contributed by atoms with van der Waals surface area (Å²) in [5.74, 6) is 0. The summed E-state index contributed by atoms with van der Waals surface area (Å²) in [5.41, 5.74) is 0. The second-order valence-corrected chi connectivity index (χ2v) is 42.1. The van der Waals surface area contributed by atoms with E-state index in [4.69, 9.17) is 15.9 Å². The molecular weight excluding hydrogens is 493 g/mol. The van der Waals surface area contributed by atoms with E-state index < -0.39 is 6.51 Å². The molecule has 1 spiro atoms. The van der Waals surface area contributed by atoms with E-state index in [1.165, 1.54) is 33.7 Å². The Morgan fingerprint density at radius 2 is 1.30 bits per heavy atom. The Morgan fingerprint density at radius 3 is 1.67 bits per heavy atom. The number of hydrogen-bond donors (Lipinski definition) is 0. The average molecular weight is 520 g/mol. The molecule has 156 valence electrons. The molecule has 10 aliphatic rings. The van der Waals surface area contributed by atoms with Crippen LogP contribution in [0.15, 0.2) is 60.7 Å². The van der Waals surface area contributed by atoms with E-state index in [2.05, 4.69) is 86.6 Å². The zero-order valence-corrected chi connectivity index (χ0v) is 21.1. The third-order valence-electron chi connectivity index (χ3n) is 18.6. The number of nitrogens with zero attached hydrogens (tertiary/aromatic N) is 1. The van der Waals surface area contributed by atoms with Crippen molar-refractivity contribution in [3.8, 4) is 0 Å². The van der Waals surface area contributed by atoms with Crippen LogP contribution in [0.4, 0.5) is 0 Å². The van der Waals surface area contributed by atoms with Gasteiger partial charge >= 0.3 is 179 Å². The molecule has 6 atom stereocenters. The van der Waals surface area contributed by atoms with Crippen LogP contribution in [0.3, 0.4) is 0 Å². The molecule has 0 aromatic heterocycles. The van der Waals surface area contributed by atoms with Crippen molar-refractivity contribution in [2.75, 3.05) is 14.1 Å². The van der Waals surface area contributed by atoms with Crippen LogP contribution in [0.5, 0.6) is 0 Å². The van der Waals surface area contributed by atoms with Gasteiger partial charge in [0.05, 0.1) is 0 Å². The summed E-state index contributed by atoms with van der Waals surface area (Å²) in [4.78, 5) is 11.5. The maximum atomic E-state index is 4.79. The number of benzene rings is 2. The fourth-order valence-corrected chi connectivity index (χ4v) is 126. The molecule has 4 heteroatoms. The van der Waals surface area contributed by atoms with Crippen LogP contribution in [-0.2, 0) is 6.51 Å². The quantitative estimate of drug-likeness (QED) is 0.264. The molecule has 0 radical (unpaired) electrons. The third-order valence-corrected chi connectivity index (χ3v) is 76.2. The Morgan fingerprint density at radius 1 is 0.833 bits per heavy atom. The fraction of sp³-hybridized carbons (Fsp3) is 0.538. The molecule has 10 fully saturated rings. The first kappa shape index (κ1) is 14.9. The SMILES string of the molecule is CC(N(C)C)[C]12[C]3(Br)[CH]4[CH]5[C]1(P(c1ccccc1)c1ccccc1)[Fe]45321678[CH]2[CH]1[CH]6[CH]7[CH]28. The summed E-state index contributed by atoms with van der Waals surface area (Å²) in [6, 6.07) is 24.6. The van der Waals surface area contributed by atoms with Gasteiger partial charge in [-0.1, -0.05) is 0 Å². The molecule has 2 aromatic rings.